The van der Waals surface area contributed by atoms with Gasteiger partial charge in [0.25, 0.3) is 0 Å². The van der Waals surface area contributed by atoms with Crippen LogP contribution < -0.4 is 0 Å². The molecule has 2 nitrogen and oxygen atoms in total. The highest BCUT2D eigenvalue weighted by Crippen LogP contribution is 2.19. The molecule has 0 aliphatic carbocycles. The van der Waals surface area contributed by atoms with Gasteiger partial charge in [-0.05, 0) is 37.5 Å². The molecule has 0 saturated carbocycles. The molecule has 0 fully saturated rings. The maximum atomic E-state index is 12.1. The van der Waals surface area contributed by atoms with Crippen molar-refractivity contribution in [2.75, 3.05) is 6.61 Å². The number of rotatable bonds is 2. The lowest BCUT2D eigenvalue weighted by atomic mass is 10.2. The summed E-state index contributed by atoms with van der Waals surface area (Å²) in [6.07, 6.45) is 5.09. The fraction of sp³-hybridized carbons (Fsp3) is 0.333. The Labute approximate surface area is 92.4 Å². The monoisotopic (exact) mass is 222 g/mol. The predicted octanol–water partition coefficient (Wildman–Crippen LogP) is 2.84. The lowest BCUT2D eigenvalue weighted by Gasteiger charge is -2.07. The largest absolute Gasteiger partial charge is 0.485 e. The van der Waals surface area contributed by atoms with Gasteiger partial charge in [-0.2, -0.15) is 0 Å². The van der Waals surface area contributed by atoms with Crippen molar-refractivity contribution >= 4 is 10.8 Å². The van der Waals surface area contributed by atoms with Gasteiger partial charge >= 0.3 is 0 Å². The normalized spacial score (nSPS) is 18.5. The van der Waals surface area contributed by atoms with Crippen molar-refractivity contribution in [3.8, 4) is 0 Å². The van der Waals surface area contributed by atoms with Gasteiger partial charge in [-0.15, -0.1) is 0 Å². The van der Waals surface area contributed by atoms with Crippen LogP contribution in [0.1, 0.15) is 19.3 Å². The van der Waals surface area contributed by atoms with Crippen LogP contribution in [-0.2, 0) is 15.5 Å². The van der Waals surface area contributed by atoms with Crippen LogP contribution in [0.5, 0.6) is 0 Å². The summed E-state index contributed by atoms with van der Waals surface area (Å²) in [5.74, 6) is 0. The second-order valence-corrected chi connectivity index (χ2v) is 4.86. The highest BCUT2D eigenvalue weighted by atomic mass is 32.2. The Morgan fingerprint density at radius 3 is 2.73 bits per heavy atom. The van der Waals surface area contributed by atoms with Crippen molar-refractivity contribution in [3.05, 3.63) is 41.5 Å². The van der Waals surface area contributed by atoms with E-state index >= 15 is 0 Å². The lowest BCUT2D eigenvalue weighted by Crippen LogP contribution is -2.00. The summed E-state index contributed by atoms with van der Waals surface area (Å²) < 4.78 is 17.6. The van der Waals surface area contributed by atoms with Gasteiger partial charge < -0.3 is 4.74 Å². The zero-order valence-electron chi connectivity index (χ0n) is 8.52. The van der Waals surface area contributed by atoms with Crippen LogP contribution in [0.25, 0.3) is 0 Å². The first-order chi connectivity index (χ1) is 7.38. The summed E-state index contributed by atoms with van der Waals surface area (Å²) >= 11 is 0. The Kier molecular flexibility index (Phi) is 3.56. The molecule has 3 heteroatoms. The average Bonchev–Trinajstić information content (AvgIpc) is 2.58. The van der Waals surface area contributed by atoms with Crippen LogP contribution in [0.3, 0.4) is 0 Å². The van der Waals surface area contributed by atoms with Gasteiger partial charge in [0, 0.05) is 4.90 Å². The summed E-state index contributed by atoms with van der Waals surface area (Å²) in [7, 11) is -1.14. The molecular formula is C12H14O2S. The molecule has 1 aliphatic heterocycles. The van der Waals surface area contributed by atoms with Gasteiger partial charge in [0.2, 0.25) is 0 Å². The van der Waals surface area contributed by atoms with E-state index in [4.69, 9.17) is 4.74 Å². The molecule has 0 amide bonds. The third kappa shape index (κ3) is 2.69. The molecule has 15 heavy (non-hydrogen) atoms. The average molecular weight is 222 g/mol. The molecule has 0 aromatic heterocycles. The van der Waals surface area contributed by atoms with Crippen LogP contribution in [0.4, 0.5) is 0 Å². The Morgan fingerprint density at radius 1 is 1.13 bits per heavy atom. The standard InChI is InChI=1S/C12H14O2S/c13-15(11-7-3-1-4-8-11)12-9-5-2-6-10-14-12/h1,3-4,7-9H,2,5-6,10H2. The van der Waals surface area contributed by atoms with Gasteiger partial charge in [-0.25, -0.2) is 4.21 Å². The summed E-state index contributed by atoms with van der Waals surface area (Å²) in [6, 6.07) is 9.44. The van der Waals surface area contributed by atoms with E-state index in [9.17, 15) is 4.21 Å². The van der Waals surface area contributed by atoms with E-state index in [0.717, 1.165) is 24.2 Å². The molecule has 0 saturated heterocycles. The van der Waals surface area contributed by atoms with Crippen LogP contribution in [0.2, 0.25) is 0 Å². The molecule has 1 aromatic rings. The van der Waals surface area contributed by atoms with Gasteiger partial charge in [-0.1, -0.05) is 18.2 Å². The third-order valence-corrected chi connectivity index (χ3v) is 3.64. The summed E-state index contributed by atoms with van der Waals surface area (Å²) in [4.78, 5) is 0.811. The maximum Gasteiger partial charge on any atom is 0.184 e. The molecule has 0 spiro atoms. The van der Waals surface area contributed by atoms with Crippen LogP contribution in [-0.4, -0.2) is 10.8 Å². The van der Waals surface area contributed by atoms with Crippen LogP contribution in [0.15, 0.2) is 46.4 Å². The first-order valence-corrected chi connectivity index (χ1v) is 6.33. The Bertz CT molecular complexity index is 370. The third-order valence-electron chi connectivity index (χ3n) is 2.29. The number of allylic oxidation sites excluding steroid dienone is 1. The number of benzene rings is 1. The SMILES string of the molecule is O=S(C1=CCCCCO1)c1ccccc1. The fourth-order valence-electron chi connectivity index (χ4n) is 1.49. The predicted molar refractivity (Wildman–Crippen MR) is 60.7 cm³/mol. The second kappa shape index (κ2) is 5.12. The number of ether oxygens (including phenoxy) is 1. The van der Waals surface area contributed by atoms with Gasteiger partial charge in [-0.3, -0.25) is 0 Å². The van der Waals surface area contributed by atoms with E-state index in [0.29, 0.717) is 11.7 Å². The maximum absolute atomic E-state index is 12.1. The minimum Gasteiger partial charge on any atom is -0.485 e. The van der Waals surface area contributed by atoms with Crippen LogP contribution >= 0.6 is 0 Å². The van der Waals surface area contributed by atoms with Crippen LogP contribution in [0, 0.1) is 0 Å². The highest BCUT2D eigenvalue weighted by Gasteiger charge is 2.12. The first kappa shape index (κ1) is 10.4. The van der Waals surface area contributed by atoms with E-state index in [1.807, 2.05) is 36.4 Å². The topological polar surface area (TPSA) is 26.3 Å². The molecule has 2 rings (SSSR count). The van der Waals surface area contributed by atoms with E-state index < -0.39 is 10.8 Å². The first-order valence-electron chi connectivity index (χ1n) is 5.18. The highest BCUT2D eigenvalue weighted by molar-refractivity contribution is 7.88. The summed E-state index contributed by atoms with van der Waals surface area (Å²) in [5.41, 5.74) is 0. The van der Waals surface area contributed by atoms with Crippen molar-refractivity contribution in [2.45, 2.75) is 24.2 Å². The molecule has 0 radical (unpaired) electrons. The Morgan fingerprint density at radius 2 is 1.93 bits per heavy atom. The van der Waals surface area contributed by atoms with Gasteiger partial charge in [0.05, 0.1) is 6.61 Å². The molecule has 1 unspecified atom stereocenters. The molecule has 1 heterocycles. The van der Waals surface area contributed by atoms with Crippen molar-refractivity contribution in [3.63, 3.8) is 0 Å². The van der Waals surface area contributed by atoms with E-state index in [2.05, 4.69) is 0 Å². The minimum absolute atomic E-state index is 0.624. The quantitative estimate of drug-likeness (QED) is 0.769. The zero-order chi connectivity index (χ0) is 10.5. The summed E-state index contributed by atoms with van der Waals surface area (Å²) in [6.45, 7) is 0.685. The second-order valence-electron chi connectivity index (χ2n) is 3.45. The van der Waals surface area contributed by atoms with Crippen molar-refractivity contribution in [2.24, 2.45) is 0 Å². The molecule has 80 valence electrons. The van der Waals surface area contributed by atoms with E-state index in [1.54, 1.807) is 0 Å². The molecule has 0 bridgehead atoms. The Balaban J connectivity index is 2.17. The molecule has 1 aliphatic rings. The molecular weight excluding hydrogens is 208 g/mol. The Hall–Kier alpha value is -1.09. The van der Waals surface area contributed by atoms with Crippen molar-refractivity contribution in [1.29, 1.82) is 0 Å². The lowest BCUT2D eigenvalue weighted by molar-refractivity contribution is 0.237. The van der Waals surface area contributed by atoms with Gasteiger partial charge in [0.15, 0.2) is 5.09 Å². The number of hydrogen-bond acceptors (Lipinski definition) is 2. The smallest absolute Gasteiger partial charge is 0.184 e. The van der Waals surface area contributed by atoms with E-state index in [-0.39, 0.29) is 0 Å². The molecule has 1 atom stereocenters. The minimum atomic E-state index is -1.14. The van der Waals surface area contributed by atoms with Crippen molar-refractivity contribution < 1.29 is 8.95 Å². The van der Waals surface area contributed by atoms with Crippen molar-refractivity contribution in [1.82, 2.24) is 0 Å². The number of hydrogen-bond donors (Lipinski definition) is 0. The zero-order valence-corrected chi connectivity index (χ0v) is 9.33. The molecule has 1 aromatic carbocycles. The fourth-order valence-corrected chi connectivity index (χ4v) is 2.58. The van der Waals surface area contributed by atoms with Gasteiger partial charge in [0.1, 0.15) is 10.8 Å². The van der Waals surface area contributed by atoms with E-state index in [1.165, 1.54) is 0 Å². The molecule has 0 N–H and O–H groups in total. The summed E-state index contributed by atoms with van der Waals surface area (Å²) in [5, 5.41) is 0.624.